The van der Waals surface area contributed by atoms with Gasteiger partial charge in [-0.1, -0.05) is 17.7 Å². The third-order valence-electron chi connectivity index (χ3n) is 2.22. The maximum atomic E-state index is 12.8. The van der Waals surface area contributed by atoms with E-state index >= 15 is 0 Å². The molecule has 84 valence electrons. The molecule has 0 aliphatic carbocycles. The van der Waals surface area contributed by atoms with Gasteiger partial charge in [0.05, 0.1) is 11.2 Å². The Morgan fingerprint density at radius 2 is 2.31 bits per heavy atom. The van der Waals surface area contributed by atoms with Gasteiger partial charge < -0.3 is 5.11 Å². The second-order valence-electron chi connectivity index (χ2n) is 3.37. The predicted octanol–water partition coefficient (Wildman–Crippen LogP) is 3.21. The van der Waals surface area contributed by atoms with E-state index in [1.807, 2.05) is 0 Å². The lowest BCUT2D eigenvalue weighted by atomic mass is 10.1. The van der Waals surface area contributed by atoms with E-state index in [2.05, 4.69) is 4.98 Å². The fourth-order valence-corrected chi connectivity index (χ4v) is 2.23. The average molecular weight is 258 g/mol. The van der Waals surface area contributed by atoms with Crippen LogP contribution in [0.15, 0.2) is 29.1 Å². The lowest BCUT2D eigenvalue weighted by molar-refractivity contribution is 0.174. The molecular formula is C11H9ClFNOS. The molecule has 1 aromatic carbocycles. The first-order chi connectivity index (χ1) is 7.66. The minimum absolute atomic E-state index is 0.328. The van der Waals surface area contributed by atoms with Crippen molar-refractivity contribution in [2.45, 2.75) is 12.5 Å². The zero-order valence-corrected chi connectivity index (χ0v) is 9.80. The van der Waals surface area contributed by atoms with Gasteiger partial charge in [-0.2, -0.15) is 0 Å². The molecule has 2 nitrogen and oxygen atoms in total. The number of rotatable bonds is 3. The molecule has 1 unspecified atom stereocenters. The second-order valence-corrected chi connectivity index (χ2v) is 4.49. The number of hydrogen-bond acceptors (Lipinski definition) is 3. The monoisotopic (exact) mass is 257 g/mol. The van der Waals surface area contributed by atoms with Crippen LogP contribution < -0.4 is 0 Å². The number of nitrogens with zero attached hydrogens (tertiary/aromatic N) is 1. The van der Waals surface area contributed by atoms with Crippen LogP contribution in [0.1, 0.15) is 17.4 Å². The van der Waals surface area contributed by atoms with Crippen molar-refractivity contribution in [3.8, 4) is 0 Å². The Morgan fingerprint density at radius 1 is 1.50 bits per heavy atom. The van der Waals surface area contributed by atoms with Crippen molar-refractivity contribution in [1.82, 2.24) is 4.98 Å². The third-order valence-corrected chi connectivity index (χ3v) is 3.18. The molecule has 1 aromatic heterocycles. The highest BCUT2D eigenvalue weighted by atomic mass is 35.5. The average Bonchev–Trinajstić information content (AvgIpc) is 2.75. The summed E-state index contributed by atoms with van der Waals surface area (Å²) < 4.78 is 12.8. The van der Waals surface area contributed by atoms with Crippen molar-refractivity contribution in [2.75, 3.05) is 0 Å². The van der Waals surface area contributed by atoms with Crippen LogP contribution in [0, 0.1) is 5.82 Å². The van der Waals surface area contributed by atoms with Gasteiger partial charge in [0.1, 0.15) is 11.9 Å². The van der Waals surface area contributed by atoms with Crippen LogP contribution in [-0.2, 0) is 6.42 Å². The maximum Gasteiger partial charge on any atom is 0.124 e. The number of thiazole rings is 1. The molecule has 1 atom stereocenters. The van der Waals surface area contributed by atoms with Gasteiger partial charge in [-0.25, -0.2) is 9.37 Å². The summed E-state index contributed by atoms with van der Waals surface area (Å²) >= 11 is 7.29. The first-order valence-electron chi connectivity index (χ1n) is 4.67. The van der Waals surface area contributed by atoms with E-state index in [0.29, 0.717) is 22.7 Å². The predicted molar refractivity (Wildman–Crippen MR) is 62.2 cm³/mol. The van der Waals surface area contributed by atoms with Gasteiger partial charge in [0, 0.05) is 16.8 Å². The number of aliphatic hydroxyl groups excluding tert-OH is 1. The molecule has 2 aromatic rings. The zero-order chi connectivity index (χ0) is 11.5. The van der Waals surface area contributed by atoms with Crippen LogP contribution in [-0.4, -0.2) is 10.1 Å². The van der Waals surface area contributed by atoms with Gasteiger partial charge in [-0.15, -0.1) is 11.3 Å². The lowest BCUT2D eigenvalue weighted by Crippen LogP contribution is -2.02. The number of aromatic nitrogens is 1. The van der Waals surface area contributed by atoms with Crippen molar-refractivity contribution in [1.29, 1.82) is 0 Å². The van der Waals surface area contributed by atoms with E-state index in [0.717, 1.165) is 0 Å². The molecule has 1 N–H and O–H groups in total. The Morgan fingerprint density at radius 3 is 2.94 bits per heavy atom. The Kier molecular flexibility index (Phi) is 3.53. The zero-order valence-electron chi connectivity index (χ0n) is 8.23. The molecule has 0 spiro atoms. The molecule has 0 radical (unpaired) electrons. The minimum atomic E-state index is -0.700. The van der Waals surface area contributed by atoms with Gasteiger partial charge in [0.15, 0.2) is 0 Å². The quantitative estimate of drug-likeness (QED) is 0.916. The van der Waals surface area contributed by atoms with Crippen molar-refractivity contribution in [2.24, 2.45) is 0 Å². The van der Waals surface area contributed by atoms with Crippen LogP contribution in [0.25, 0.3) is 0 Å². The summed E-state index contributed by atoms with van der Waals surface area (Å²) in [5.41, 5.74) is 2.99. The topological polar surface area (TPSA) is 33.1 Å². The molecule has 0 amide bonds. The van der Waals surface area contributed by atoms with Gasteiger partial charge in [0.2, 0.25) is 0 Å². The molecule has 1 heterocycles. The van der Waals surface area contributed by atoms with E-state index in [9.17, 15) is 9.50 Å². The van der Waals surface area contributed by atoms with Crippen LogP contribution in [0.3, 0.4) is 0 Å². The van der Waals surface area contributed by atoms with Crippen molar-refractivity contribution in [3.63, 3.8) is 0 Å². The summed E-state index contributed by atoms with van der Waals surface area (Å²) in [6.45, 7) is 0. The fraction of sp³-hybridized carbons (Fsp3) is 0.182. The van der Waals surface area contributed by atoms with Gasteiger partial charge in [0.25, 0.3) is 0 Å². The van der Waals surface area contributed by atoms with E-state index < -0.39 is 6.10 Å². The Balaban J connectivity index is 2.15. The number of benzene rings is 1. The van der Waals surface area contributed by atoms with E-state index in [-0.39, 0.29) is 5.82 Å². The third kappa shape index (κ3) is 2.58. The molecule has 0 fully saturated rings. The van der Waals surface area contributed by atoms with Crippen molar-refractivity contribution >= 4 is 22.9 Å². The summed E-state index contributed by atoms with van der Waals surface area (Å²) in [6.07, 6.45) is -0.364. The Bertz CT molecular complexity index is 475. The van der Waals surface area contributed by atoms with Gasteiger partial charge in [-0.05, 0) is 17.7 Å². The Hall–Kier alpha value is -0.970. The number of halogens is 2. The molecular weight excluding hydrogens is 249 g/mol. The highest BCUT2D eigenvalue weighted by molar-refractivity contribution is 7.07. The highest BCUT2D eigenvalue weighted by Gasteiger charge is 2.12. The van der Waals surface area contributed by atoms with Crippen LogP contribution in [0.2, 0.25) is 5.02 Å². The van der Waals surface area contributed by atoms with Crippen molar-refractivity contribution < 1.29 is 9.50 Å². The van der Waals surface area contributed by atoms with Crippen LogP contribution in [0.4, 0.5) is 4.39 Å². The molecule has 0 saturated heterocycles. The minimum Gasteiger partial charge on any atom is -0.386 e. The molecule has 2 rings (SSSR count). The Labute approximate surface area is 101 Å². The maximum absolute atomic E-state index is 12.8. The largest absolute Gasteiger partial charge is 0.386 e. The lowest BCUT2D eigenvalue weighted by Gasteiger charge is -2.09. The highest BCUT2D eigenvalue weighted by Crippen LogP contribution is 2.24. The summed E-state index contributed by atoms with van der Waals surface area (Å²) in [4.78, 5) is 4.01. The number of hydrogen-bond donors (Lipinski definition) is 1. The molecule has 0 bridgehead atoms. The molecule has 0 aliphatic heterocycles. The van der Waals surface area contributed by atoms with E-state index in [4.69, 9.17) is 11.6 Å². The van der Waals surface area contributed by atoms with Crippen molar-refractivity contribution in [3.05, 3.63) is 51.2 Å². The molecule has 5 heteroatoms. The van der Waals surface area contributed by atoms with Crippen LogP contribution >= 0.6 is 22.9 Å². The summed E-state index contributed by atoms with van der Waals surface area (Å²) in [6, 6.07) is 4.15. The number of aliphatic hydroxyl groups is 1. The SMILES string of the molecule is OC(Cc1ccc(F)cc1Cl)c1cscn1. The van der Waals surface area contributed by atoms with Crippen LogP contribution in [0.5, 0.6) is 0 Å². The summed E-state index contributed by atoms with van der Waals surface area (Å²) in [5, 5.41) is 12.0. The van der Waals surface area contributed by atoms with Gasteiger partial charge in [-0.3, -0.25) is 0 Å². The normalized spacial score (nSPS) is 12.7. The first kappa shape index (κ1) is 11.5. The standard InChI is InChI=1S/C11H9ClFNOS/c12-9-4-8(13)2-1-7(9)3-11(15)10-5-16-6-14-10/h1-2,4-6,11,15H,3H2. The summed E-state index contributed by atoms with van der Waals surface area (Å²) in [7, 11) is 0. The molecule has 0 saturated carbocycles. The first-order valence-corrected chi connectivity index (χ1v) is 5.99. The molecule has 0 aliphatic rings. The smallest absolute Gasteiger partial charge is 0.124 e. The fourth-order valence-electron chi connectivity index (χ4n) is 1.39. The van der Waals surface area contributed by atoms with E-state index in [1.54, 1.807) is 17.0 Å². The molecule has 16 heavy (non-hydrogen) atoms. The summed E-state index contributed by atoms with van der Waals surface area (Å²) in [5.74, 6) is -0.378. The second kappa shape index (κ2) is 4.91. The van der Waals surface area contributed by atoms with E-state index in [1.165, 1.54) is 23.5 Å². The van der Waals surface area contributed by atoms with Gasteiger partial charge >= 0.3 is 0 Å².